The highest BCUT2D eigenvalue weighted by molar-refractivity contribution is 9.09. The first-order valence-corrected chi connectivity index (χ1v) is 9.00. The molecule has 0 heterocycles. The second kappa shape index (κ2) is 10.5. The Kier molecular flexibility index (Phi) is 9.24. The van der Waals surface area contributed by atoms with Gasteiger partial charge in [-0.3, -0.25) is 0 Å². The first-order valence-electron chi connectivity index (χ1n) is 7.87. The van der Waals surface area contributed by atoms with Crippen LogP contribution in [0.4, 0.5) is 0 Å². The van der Waals surface area contributed by atoms with Gasteiger partial charge in [0, 0.05) is 5.33 Å². The van der Waals surface area contributed by atoms with Gasteiger partial charge in [-0.1, -0.05) is 91.2 Å². The number of rotatable bonds is 10. The molecule has 0 aromatic heterocycles. The van der Waals surface area contributed by atoms with Crippen molar-refractivity contribution in [2.75, 3.05) is 5.33 Å². The predicted molar refractivity (Wildman–Crippen MR) is 90.2 cm³/mol. The van der Waals surface area contributed by atoms with E-state index in [9.17, 15) is 0 Å². The van der Waals surface area contributed by atoms with Gasteiger partial charge >= 0.3 is 0 Å². The molecule has 0 aliphatic rings. The minimum absolute atomic E-state index is 0.799. The number of unbranched alkanes of at least 4 members (excludes halogenated alkanes) is 5. The summed E-state index contributed by atoms with van der Waals surface area (Å²) in [4.78, 5) is 0. The molecule has 0 saturated carbocycles. The first-order chi connectivity index (χ1) is 9.26. The average molecular weight is 325 g/mol. The van der Waals surface area contributed by atoms with Gasteiger partial charge in [-0.15, -0.1) is 0 Å². The molecular formula is C18H29Br. The van der Waals surface area contributed by atoms with E-state index in [1.165, 1.54) is 62.5 Å². The Morgan fingerprint density at radius 2 is 1.79 bits per heavy atom. The first kappa shape index (κ1) is 16.8. The fourth-order valence-electron chi connectivity index (χ4n) is 2.62. The van der Waals surface area contributed by atoms with E-state index in [1.54, 1.807) is 0 Å². The number of hydrogen-bond donors (Lipinski definition) is 0. The van der Waals surface area contributed by atoms with Gasteiger partial charge in [-0.05, 0) is 31.2 Å². The smallest absolute Gasteiger partial charge is 0.00628 e. The van der Waals surface area contributed by atoms with Gasteiger partial charge in [0.25, 0.3) is 0 Å². The normalized spacial score (nSPS) is 12.6. The maximum Gasteiger partial charge on any atom is 0.00628 e. The van der Waals surface area contributed by atoms with Crippen molar-refractivity contribution < 1.29 is 0 Å². The number of hydrogen-bond acceptors (Lipinski definition) is 0. The van der Waals surface area contributed by atoms with Crippen LogP contribution in [0.15, 0.2) is 24.3 Å². The highest BCUT2D eigenvalue weighted by atomic mass is 79.9. The van der Waals surface area contributed by atoms with Crippen LogP contribution in [0.2, 0.25) is 0 Å². The SMILES string of the molecule is CCCCCCCCC(CBr)Cc1cccc(C)c1. The van der Waals surface area contributed by atoms with Crippen molar-refractivity contribution in [3.05, 3.63) is 35.4 Å². The van der Waals surface area contributed by atoms with E-state index in [1.807, 2.05) is 0 Å². The van der Waals surface area contributed by atoms with Crippen LogP contribution in [-0.2, 0) is 6.42 Å². The molecule has 0 radical (unpaired) electrons. The number of halogens is 1. The summed E-state index contributed by atoms with van der Waals surface area (Å²) in [5.41, 5.74) is 2.88. The molecular weight excluding hydrogens is 296 g/mol. The Hall–Kier alpha value is -0.300. The molecule has 1 rings (SSSR count). The standard InChI is InChI=1S/C18H29Br/c1-3-4-5-6-7-8-11-18(15-19)14-17-12-9-10-16(2)13-17/h9-10,12-13,18H,3-8,11,14-15H2,1-2H3. The van der Waals surface area contributed by atoms with Gasteiger partial charge < -0.3 is 0 Å². The molecule has 0 N–H and O–H groups in total. The third-order valence-corrected chi connectivity index (χ3v) is 4.71. The molecule has 0 bridgehead atoms. The fraction of sp³-hybridized carbons (Fsp3) is 0.667. The zero-order valence-corrected chi connectivity index (χ0v) is 14.2. The second-order valence-electron chi connectivity index (χ2n) is 5.77. The van der Waals surface area contributed by atoms with Crippen LogP contribution in [0.3, 0.4) is 0 Å². The Morgan fingerprint density at radius 1 is 1.05 bits per heavy atom. The molecule has 1 aromatic carbocycles. The second-order valence-corrected chi connectivity index (χ2v) is 6.42. The Morgan fingerprint density at radius 3 is 2.47 bits per heavy atom. The van der Waals surface area contributed by atoms with E-state index in [-0.39, 0.29) is 0 Å². The van der Waals surface area contributed by atoms with E-state index in [2.05, 4.69) is 54.0 Å². The molecule has 0 nitrogen and oxygen atoms in total. The zero-order valence-electron chi connectivity index (χ0n) is 12.6. The van der Waals surface area contributed by atoms with Crippen molar-refractivity contribution in [3.8, 4) is 0 Å². The van der Waals surface area contributed by atoms with E-state index >= 15 is 0 Å². The molecule has 1 heteroatoms. The van der Waals surface area contributed by atoms with Crippen molar-refractivity contribution in [2.24, 2.45) is 5.92 Å². The lowest BCUT2D eigenvalue weighted by molar-refractivity contribution is 0.489. The summed E-state index contributed by atoms with van der Waals surface area (Å²) < 4.78 is 0. The molecule has 0 amide bonds. The fourth-order valence-corrected chi connectivity index (χ4v) is 3.17. The van der Waals surface area contributed by atoms with Crippen LogP contribution < -0.4 is 0 Å². The molecule has 19 heavy (non-hydrogen) atoms. The lowest BCUT2D eigenvalue weighted by atomic mass is 9.94. The monoisotopic (exact) mass is 324 g/mol. The third kappa shape index (κ3) is 7.77. The number of alkyl halides is 1. The largest absolute Gasteiger partial charge is 0.0925 e. The van der Waals surface area contributed by atoms with Crippen molar-refractivity contribution in [3.63, 3.8) is 0 Å². The minimum Gasteiger partial charge on any atom is -0.0925 e. The molecule has 0 fully saturated rings. The van der Waals surface area contributed by atoms with Crippen molar-refractivity contribution >= 4 is 15.9 Å². The van der Waals surface area contributed by atoms with Crippen molar-refractivity contribution in [2.45, 2.75) is 65.2 Å². The molecule has 1 aromatic rings. The Bertz CT molecular complexity index is 332. The maximum absolute atomic E-state index is 3.69. The zero-order chi connectivity index (χ0) is 13.9. The quantitative estimate of drug-likeness (QED) is 0.350. The van der Waals surface area contributed by atoms with Gasteiger partial charge in [-0.25, -0.2) is 0 Å². The Labute approximate surface area is 128 Å². The lowest BCUT2D eigenvalue weighted by Crippen LogP contribution is -2.06. The summed E-state index contributed by atoms with van der Waals surface area (Å²) in [5, 5.41) is 1.13. The van der Waals surface area contributed by atoms with Gasteiger partial charge in [-0.2, -0.15) is 0 Å². The Balaban J connectivity index is 2.22. The summed E-state index contributed by atoms with van der Waals surface area (Å²) in [7, 11) is 0. The molecule has 0 aliphatic heterocycles. The summed E-state index contributed by atoms with van der Waals surface area (Å²) in [5.74, 6) is 0.799. The van der Waals surface area contributed by atoms with E-state index in [0.29, 0.717) is 0 Å². The van der Waals surface area contributed by atoms with Gasteiger partial charge in [0.2, 0.25) is 0 Å². The average Bonchev–Trinajstić information content (AvgIpc) is 2.41. The van der Waals surface area contributed by atoms with Crippen LogP contribution in [0.1, 0.15) is 63.0 Å². The van der Waals surface area contributed by atoms with E-state index < -0.39 is 0 Å². The lowest BCUT2D eigenvalue weighted by Gasteiger charge is -2.14. The van der Waals surface area contributed by atoms with Gasteiger partial charge in [0.15, 0.2) is 0 Å². The topological polar surface area (TPSA) is 0 Å². The van der Waals surface area contributed by atoms with Crippen LogP contribution in [0.5, 0.6) is 0 Å². The van der Waals surface area contributed by atoms with Gasteiger partial charge in [0.05, 0.1) is 0 Å². The summed E-state index contributed by atoms with van der Waals surface area (Å²) in [6, 6.07) is 8.96. The van der Waals surface area contributed by atoms with Crippen LogP contribution in [0.25, 0.3) is 0 Å². The highest BCUT2D eigenvalue weighted by Gasteiger charge is 2.08. The molecule has 1 unspecified atom stereocenters. The summed E-state index contributed by atoms with van der Waals surface area (Å²) in [6.45, 7) is 4.46. The molecule has 108 valence electrons. The molecule has 1 atom stereocenters. The van der Waals surface area contributed by atoms with Crippen molar-refractivity contribution in [1.29, 1.82) is 0 Å². The van der Waals surface area contributed by atoms with E-state index in [4.69, 9.17) is 0 Å². The van der Waals surface area contributed by atoms with Crippen LogP contribution in [-0.4, -0.2) is 5.33 Å². The van der Waals surface area contributed by atoms with Crippen LogP contribution in [0, 0.1) is 12.8 Å². The molecule has 0 spiro atoms. The number of aryl methyl sites for hydroxylation is 1. The highest BCUT2D eigenvalue weighted by Crippen LogP contribution is 2.19. The van der Waals surface area contributed by atoms with Crippen molar-refractivity contribution in [1.82, 2.24) is 0 Å². The summed E-state index contributed by atoms with van der Waals surface area (Å²) in [6.07, 6.45) is 11.0. The van der Waals surface area contributed by atoms with Crippen LogP contribution >= 0.6 is 15.9 Å². The van der Waals surface area contributed by atoms with E-state index in [0.717, 1.165) is 11.2 Å². The predicted octanol–water partition coefficient (Wildman–Crippen LogP) is 6.30. The third-order valence-electron chi connectivity index (χ3n) is 3.79. The molecule has 0 saturated heterocycles. The van der Waals surface area contributed by atoms with Gasteiger partial charge in [0.1, 0.15) is 0 Å². The maximum atomic E-state index is 3.69. The minimum atomic E-state index is 0.799. The number of benzene rings is 1. The molecule has 0 aliphatic carbocycles. The summed E-state index contributed by atoms with van der Waals surface area (Å²) >= 11 is 3.69.